The van der Waals surface area contributed by atoms with E-state index in [2.05, 4.69) is 42.1 Å². The number of ether oxygens (including phenoxy) is 6. The van der Waals surface area contributed by atoms with Crippen molar-refractivity contribution < 1.29 is 101 Å². The highest BCUT2D eigenvalue weighted by Crippen LogP contribution is 2.25. The lowest BCUT2D eigenvalue weighted by Crippen LogP contribution is -2.50. The van der Waals surface area contributed by atoms with Crippen LogP contribution in [0.4, 0.5) is 0 Å². The predicted molar refractivity (Wildman–Crippen MR) is 532 cm³/mol. The molecule has 782 valence electrons. The number of aliphatic hydroxyl groups excluding tert-OH is 1. The van der Waals surface area contributed by atoms with Gasteiger partial charge in [-0.25, -0.2) is 14.4 Å². The number of hydrogen-bond acceptors (Lipinski definition) is 25. The van der Waals surface area contributed by atoms with Crippen LogP contribution in [0.3, 0.4) is 0 Å². The van der Waals surface area contributed by atoms with Gasteiger partial charge in [-0.15, -0.1) is 0 Å². The van der Waals surface area contributed by atoms with Crippen molar-refractivity contribution >= 4 is 82.6 Å². The Balaban J connectivity index is 2.22. The lowest BCUT2D eigenvalue weighted by molar-refractivity contribution is -0.151. The quantitative estimate of drug-likeness (QED) is 0.0121. The number of esters is 6. The topological polar surface area (TPSA) is 402 Å². The fourth-order valence-electron chi connectivity index (χ4n) is 16.7. The molecule has 0 saturated carbocycles. The van der Waals surface area contributed by atoms with Crippen LogP contribution in [0.1, 0.15) is 423 Å². The molecular formula is C106H192N8O21. The molecule has 7 unspecified atom stereocenters. The smallest absolute Gasteiger partial charge is 0.328 e. The van der Waals surface area contributed by atoms with E-state index in [1.165, 1.54) is 0 Å². The van der Waals surface area contributed by atoms with Gasteiger partial charge >= 0.3 is 35.8 Å². The van der Waals surface area contributed by atoms with Gasteiger partial charge in [0.2, 0.25) is 23.6 Å². The Bertz CT molecular complexity index is 3010. The number of carbonyl (C=O) groups is 14. The summed E-state index contributed by atoms with van der Waals surface area (Å²) in [6.45, 7) is 27.5. The van der Waals surface area contributed by atoms with Gasteiger partial charge < -0.3 is 85.2 Å². The summed E-state index contributed by atoms with van der Waals surface area (Å²) in [5.74, 6) is -1.77. The van der Waals surface area contributed by atoms with Crippen LogP contribution in [-0.2, 0) is 95.5 Å². The van der Waals surface area contributed by atoms with Gasteiger partial charge in [-0.05, 0) is 205 Å². The summed E-state index contributed by atoms with van der Waals surface area (Å²) in [4.78, 5) is 180. The Morgan fingerprint density at radius 1 is 0.319 bits per heavy atom. The van der Waals surface area contributed by atoms with Crippen LogP contribution >= 0.6 is 0 Å². The first-order valence-electron chi connectivity index (χ1n) is 53.4. The minimum absolute atomic E-state index is 0.0104. The minimum Gasteiger partial charge on any atom is -0.465 e. The van der Waals surface area contributed by atoms with E-state index >= 15 is 0 Å². The molecule has 7 atom stereocenters. The Hall–Kier alpha value is -6.82. The van der Waals surface area contributed by atoms with Crippen LogP contribution in [0, 0.1) is 40.9 Å². The molecule has 1 rings (SSSR count). The first-order chi connectivity index (χ1) is 64.8. The normalized spacial score (nSPS) is 13.8. The van der Waals surface area contributed by atoms with E-state index in [0.717, 1.165) is 219 Å². The number of Topliss-reactive ketones (excluding diaryl/α,β-unsaturated/α-hetero) is 4. The predicted octanol–water partition coefficient (Wildman–Crippen LogP) is 17.1. The zero-order chi connectivity index (χ0) is 99.9. The first-order valence-corrected chi connectivity index (χ1v) is 53.4. The van der Waals surface area contributed by atoms with Gasteiger partial charge in [0.25, 0.3) is 0 Å². The number of aliphatic hydroxyl groups is 1. The number of amides is 4. The summed E-state index contributed by atoms with van der Waals surface area (Å²) < 4.78 is 33.8. The molecule has 0 aliphatic carbocycles. The van der Waals surface area contributed by atoms with E-state index in [0.29, 0.717) is 174 Å². The second-order valence-electron chi connectivity index (χ2n) is 40.3. The highest BCUT2D eigenvalue weighted by molar-refractivity contribution is 5.87. The van der Waals surface area contributed by atoms with E-state index in [-0.39, 0.29) is 147 Å². The van der Waals surface area contributed by atoms with Crippen molar-refractivity contribution in [2.75, 3.05) is 106 Å². The van der Waals surface area contributed by atoms with Gasteiger partial charge in [0, 0.05) is 122 Å². The molecule has 1 aliphatic rings. The number of ketones is 4. The summed E-state index contributed by atoms with van der Waals surface area (Å²) in [6, 6.07) is -2.55. The van der Waals surface area contributed by atoms with Crippen molar-refractivity contribution in [3.63, 3.8) is 0 Å². The molecule has 1 fully saturated rings. The van der Waals surface area contributed by atoms with Crippen LogP contribution in [0.2, 0.25) is 0 Å². The maximum Gasteiger partial charge on any atom is 0.328 e. The second kappa shape index (κ2) is 83.0. The van der Waals surface area contributed by atoms with E-state index in [1.54, 1.807) is 20.9 Å². The summed E-state index contributed by atoms with van der Waals surface area (Å²) in [5, 5.41) is 32.3. The molecule has 1 heterocycles. The number of carbonyl (C=O) groups excluding carboxylic acids is 14. The Kier molecular flexibility index (Phi) is 77.6. The Labute approximate surface area is 814 Å². The van der Waals surface area contributed by atoms with Crippen LogP contribution in [0.5, 0.6) is 0 Å². The number of unbranched alkanes of at least 4 members (excludes halogenated alkanes) is 29. The summed E-state index contributed by atoms with van der Waals surface area (Å²) >= 11 is 0. The van der Waals surface area contributed by atoms with Gasteiger partial charge in [0.1, 0.15) is 60.5 Å². The van der Waals surface area contributed by atoms with Crippen molar-refractivity contribution in [2.24, 2.45) is 40.9 Å². The zero-order valence-electron chi connectivity index (χ0n) is 86.6. The van der Waals surface area contributed by atoms with Crippen molar-refractivity contribution in [1.29, 1.82) is 0 Å². The van der Waals surface area contributed by atoms with Gasteiger partial charge in [-0.2, -0.15) is 0 Å². The fourth-order valence-corrected chi connectivity index (χ4v) is 16.7. The van der Waals surface area contributed by atoms with Gasteiger partial charge in [-0.3, -0.25) is 43.2 Å². The molecule has 4 amide bonds. The van der Waals surface area contributed by atoms with Crippen molar-refractivity contribution in [2.45, 2.75) is 447 Å². The molecule has 0 bridgehead atoms. The highest BCUT2D eigenvalue weighted by atomic mass is 16.6. The van der Waals surface area contributed by atoms with E-state index < -0.39 is 53.4 Å². The van der Waals surface area contributed by atoms with Gasteiger partial charge in [-0.1, -0.05) is 184 Å². The average molecular weight is 1910 g/mol. The fraction of sp³-hybridized carbons (Fsp3) is 0.868. The maximum atomic E-state index is 13.2. The molecular weight excluding hydrogens is 1720 g/mol. The molecule has 135 heavy (non-hydrogen) atoms. The molecule has 1 saturated heterocycles. The van der Waals surface area contributed by atoms with Crippen molar-refractivity contribution in [3.8, 4) is 0 Å². The Morgan fingerprint density at radius 2 is 0.622 bits per heavy atom. The largest absolute Gasteiger partial charge is 0.465 e. The summed E-state index contributed by atoms with van der Waals surface area (Å²) in [6.07, 6.45) is 39.9. The van der Waals surface area contributed by atoms with Crippen molar-refractivity contribution in [1.82, 2.24) is 42.1 Å². The molecule has 0 aromatic heterocycles. The molecule has 0 aromatic rings. The van der Waals surface area contributed by atoms with Crippen LogP contribution in [-0.4, -0.2) is 222 Å². The Morgan fingerprint density at radius 3 is 0.978 bits per heavy atom. The SMILES string of the molecule is CCC(CCCCNC(=O)CCCCCCCCC(=O)NC(CC(C)C)C(=O)OCCCCCCOC(=O)C(CC(C)C)NC(=O)CCCCCCCCC(C)=O)C(=O)OCCNCC(CO)(CNCCOC(=O)C(CCCCCC(=O)CCCCCCCCC(=O)CC(CC(C)C)C(=O)OCCCCCCOC(=O)C(CC(C)C)NC(=O)CCCCCCCCC(C)=O)NC)CN1CC1. The third-order valence-electron chi connectivity index (χ3n) is 24.9. The zero-order valence-corrected chi connectivity index (χ0v) is 86.6. The number of likely N-dealkylation sites (N-methyl/N-ethyl adjacent to an activating group) is 1. The molecule has 8 N–H and O–H groups in total. The molecule has 1 aliphatic heterocycles. The van der Waals surface area contributed by atoms with Crippen molar-refractivity contribution in [3.05, 3.63) is 0 Å². The van der Waals surface area contributed by atoms with E-state index in [4.69, 9.17) is 28.4 Å². The molecule has 0 spiro atoms. The minimum atomic E-state index is -0.721. The summed E-state index contributed by atoms with van der Waals surface area (Å²) in [5.41, 5.74) is -0.514. The monoisotopic (exact) mass is 1910 g/mol. The van der Waals surface area contributed by atoms with Crippen LogP contribution in [0.25, 0.3) is 0 Å². The first kappa shape index (κ1) is 126. The van der Waals surface area contributed by atoms with Crippen LogP contribution in [0.15, 0.2) is 0 Å². The molecule has 29 nitrogen and oxygen atoms in total. The third-order valence-corrected chi connectivity index (χ3v) is 24.9. The third kappa shape index (κ3) is 73.9. The van der Waals surface area contributed by atoms with Crippen LogP contribution < -0.4 is 37.2 Å². The summed E-state index contributed by atoms with van der Waals surface area (Å²) in [7, 11) is 1.74. The van der Waals surface area contributed by atoms with Gasteiger partial charge in [0.05, 0.1) is 44.9 Å². The molecule has 29 heteroatoms. The number of hydrogen-bond donors (Lipinski definition) is 8. The number of nitrogens with one attached hydrogen (secondary N) is 7. The second-order valence-corrected chi connectivity index (χ2v) is 40.3. The maximum absolute atomic E-state index is 13.2. The number of nitrogens with zero attached hydrogens (tertiary/aromatic N) is 1. The standard InChI is InChI=1S/C106H192N8O21/c1-13-88(53-45-46-62-110-96(120)58-41-26-20-21-29-44-61-99(123)113-95(76-85(8)9)105(129)133-70-50-33-32-49-69-132-104(128)94(75-84(6)7)112-98(122)60-43-28-19-15-23-36-52-87(11)117)100(124)134-71-63-108-78-106(81-115,80-114-65-66-114)79-109-64-72-135-102(126)92(107-12)57-40-34-39-55-90(118)54-37-24-16-17-25-38-56-91(119)77-89(73-82(2)3)101(125)130-67-47-30-31-48-68-131-103(127)93(74-83(4)5)111-97(121)59-42-27-18-14-22-35-51-86(10)116/h82-85,88-89,92-95,107-109,115H,13-81H2,1-12H3,(H,110,120)(H,111,121)(H,112,122)(H,113,123). The van der Waals surface area contributed by atoms with E-state index in [1.807, 2.05) is 62.3 Å². The lowest BCUT2D eigenvalue weighted by atomic mass is 9.88. The highest BCUT2D eigenvalue weighted by Gasteiger charge is 2.36. The number of rotatable bonds is 95. The molecule has 0 radical (unpaired) electrons. The van der Waals surface area contributed by atoms with Gasteiger partial charge in [0.15, 0.2) is 0 Å². The lowest BCUT2D eigenvalue weighted by Gasteiger charge is -2.33. The average Bonchev–Trinajstić information content (AvgIpc) is 1.71. The van der Waals surface area contributed by atoms with E-state index in [9.17, 15) is 72.2 Å². The molecule has 0 aromatic carbocycles.